The highest BCUT2D eigenvalue weighted by Gasteiger charge is 2.09. The second kappa shape index (κ2) is 6.80. The maximum Gasteiger partial charge on any atom is 0.000205 e. The summed E-state index contributed by atoms with van der Waals surface area (Å²) in [6.45, 7) is 2.14. The highest BCUT2D eigenvalue weighted by molar-refractivity contribution is 7.09. The maximum absolute atomic E-state index is 2.27. The van der Waals surface area contributed by atoms with Gasteiger partial charge in [0.05, 0.1) is 0 Å². The second-order valence-electron chi connectivity index (χ2n) is 6.83. The zero-order valence-corrected chi connectivity index (χ0v) is 16.6. The van der Waals surface area contributed by atoms with E-state index in [9.17, 15) is 0 Å². The van der Waals surface area contributed by atoms with Crippen LogP contribution in [0.5, 0.6) is 0 Å². The Morgan fingerprint density at radius 1 is 0.556 bits per heavy atom. The van der Waals surface area contributed by atoms with E-state index in [1.54, 1.807) is 22.7 Å². The summed E-state index contributed by atoms with van der Waals surface area (Å²) in [7, 11) is 0. The van der Waals surface area contributed by atoms with E-state index in [0.29, 0.717) is 0 Å². The monoisotopic (exact) mass is 382 g/mol. The highest BCUT2D eigenvalue weighted by Crippen LogP contribution is 2.36. The first-order chi connectivity index (χ1) is 13.3. The molecule has 0 unspecified atom stereocenters. The van der Waals surface area contributed by atoms with Crippen LogP contribution in [-0.2, 0) is 0 Å². The van der Waals surface area contributed by atoms with Gasteiger partial charge in [-0.25, -0.2) is 0 Å². The van der Waals surface area contributed by atoms with Crippen LogP contribution >= 0.6 is 22.7 Å². The normalized spacial score (nSPS) is 11.1. The van der Waals surface area contributed by atoms with Gasteiger partial charge in [-0.3, -0.25) is 0 Å². The van der Waals surface area contributed by atoms with Gasteiger partial charge >= 0.3 is 0 Å². The fourth-order valence-corrected chi connectivity index (χ4v) is 5.29. The van der Waals surface area contributed by atoms with Gasteiger partial charge in [-0.15, -0.1) is 0 Å². The third-order valence-electron chi connectivity index (χ3n) is 4.97. The van der Waals surface area contributed by atoms with E-state index < -0.39 is 0 Å². The van der Waals surface area contributed by atoms with Gasteiger partial charge in [-0.1, -0.05) is 60.2 Å². The summed E-state index contributed by atoms with van der Waals surface area (Å²) in [6, 6.07) is 23.9. The second-order valence-corrected chi connectivity index (χ2v) is 8.32. The molecule has 27 heavy (non-hydrogen) atoms. The summed E-state index contributed by atoms with van der Waals surface area (Å²) in [5.41, 5.74) is 6.74. The number of aryl methyl sites for hydroxylation is 1. The summed E-state index contributed by atoms with van der Waals surface area (Å²) < 4.78 is 0. The number of thiophene rings is 2. The minimum atomic E-state index is 1.32. The highest BCUT2D eigenvalue weighted by atomic mass is 32.1. The van der Waals surface area contributed by atoms with Crippen molar-refractivity contribution in [3.63, 3.8) is 0 Å². The molecule has 4 aliphatic rings. The maximum atomic E-state index is 2.27. The largest absolute Gasteiger partial charge is 0.151 e. The SMILES string of the molecule is Cc1cccc2c3cscc3cc-2c1.c1ccc2cc3cscc3c-2cc1. The quantitative estimate of drug-likeness (QED) is 0.248. The average molecular weight is 383 g/mol. The number of hydrogen-bond donors (Lipinski definition) is 0. The van der Waals surface area contributed by atoms with E-state index in [1.165, 1.54) is 49.4 Å². The molecule has 0 radical (unpaired) electrons. The first-order valence-electron chi connectivity index (χ1n) is 8.98. The lowest BCUT2D eigenvalue weighted by Crippen LogP contribution is -1.65. The summed E-state index contributed by atoms with van der Waals surface area (Å²) in [4.78, 5) is 0. The molecule has 0 fully saturated rings. The van der Waals surface area contributed by atoms with Crippen molar-refractivity contribution in [2.45, 2.75) is 6.92 Å². The van der Waals surface area contributed by atoms with Crippen molar-refractivity contribution in [2.24, 2.45) is 0 Å². The molecular formula is C25H18S2. The predicted octanol–water partition coefficient (Wildman–Crippen LogP) is 8.32. The van der Waals surface area contributed by atoms with E-state index in [2.05, 4.69) is 95.2 Å². The molecule has 0 bridgehead atoms. The van der Waals surface area contributed by atoms with Crippen molar-refractivity contribution < 1.29 is 0 Å². The minimum Gasteiger partial charge on any atom is -0.151 e. The average Bonchev–Trinajstić information content (AvgIpc) is 3.35. The molecular weight excluding hydrogens is 364 g/mol. The van der Waals surface area contributed by atoms with Crippen molar-refractivity contribution >= 4 is 44.2 Å². The van der Waals surface area contributed by atoms with E-state index in [1.807, 2.05) is 0 Å². The molecule has 2 heterocycles. The van der Waals surface area contributed by atoms with Crippen LogP contribution in [0.1, 0.15) is 5.56 Å². The van der Waals surface area contributed by atoms with E-state index in [4.69, 9.17) is 0 Å². The predicted molar refractivity (Wildman–Crippen MR) is 122 cm³/mol. The summed E-state index contributed by atoms with van der Waals surface area (Å²) >= 11 is 3.55. The topological polar surface area (TPSA) is 0 Å². The molecule has 0 saturated carbocycles. The summed E-state index contributed by atoms with van der Waals surface area (Å²) in [5.74, 6) is 0. The van der Waals surface area contributed by atoms with Crippen molar-refractivity contribution in [3.05, 3.63) is 93.8 Å². The van der Waals surface area contributed by atoms with Crippen LogP contribution in [0.3, 0.4) is 0 Å². The number of hydrogen-bond acceptors (Lipinski definition) is 2. The molecule has 0 N–H and O–H groups in total. The Morgan fingerprint density at radius 2 is 1.19 bits per heavy atom. The van der Waals surface area contributed by atoms with Crippen molar-refractivity contribution in [2.75, 3.05) is 0 Å². The molecule has 130 valence electrons. The molecule has 2 heteroatoms. The van der Waals surface area contributed by atoms with Crippen molar-refractivity contribution in [1.82, 2.24) is 0 Å². The van der Waals surface area contributed by atoms with Gasteiger partial charge in [0.1, 0.15) is 0 Å². The smallest absolute Gasteiger partial charge is 0.000205 e. The zero-order valence-electron chi connectivity index (χ0n) is 15.0. The molecule has 0 saturated heterocycles. The van der Waals surface area contributed by atoms with Crippen LogP contribution in [0.25, 0.3) is 43.8 Å². The van der Waals surface area contributed by atoms with Gasteiger partial charge < -0.3 is 0 Å². The molecule has 0 aromatic carbocycles. The lowest BCUT2D eigenvalue weighted by molar-refractivity contribution is 1.52. The standard InChI is InChI=1S/C13H10S.C12H8S/c1-9-3-2-4-12-10(5-9)6-11-7-14-8-13(11)12;1-2-4-9-6-10-7-13-8-12(10)11(9)5-3-1/h2-8H,1H3;1-8H. The van der Waals surface area contributed by atoms with E-state index >= 15 is 0 Å². The first-order valence-corrected chi connectivity index (χ1v) is 10.9. The van der Waals surface area contributed by atoms with Crippen LogP contribution in [0.4, 0.5) is 0 Å². The van der Waals surface area contributed by atoms with Crippen molar-refractivity contribution in [3.8, 4) is 22.3 Å². The first kappa shape index (κ1) is 16.5. The van der Waals surface area contributed by atoms with E-state index in [-0.39, 0.29) is 0 Å². The van der Waals surface area contributed by atoms with Gasteiger partial charge in [-0.2, -0.15) is 22.7 Å². The lowest BCUT2D eigenvalue weighted by Gasteiger charge is -1.90. The molecule has 2 aromatic heterocycles. The third kappa shape index (κ3) is 3.01. The zero-order chi connectivity index (χ0) is 18.2. The third-order valence-corrected chi connectivity index (χ3v) is 6.50. The summed E-state index contributed by atoms with van der Waals surface area (Å²) in [6.07, 6.45) is 0. The fourth-order valence-electron chi connectivity index (χ4n) is 3.67. The Labute approximate surface area is 167 Å². The Hall–Kier alpha value is -2.68. The van der Waals surface area contributed by atoms with Gasteiger partial charge in [0, 0.05) is 10.8 Å². The molecule has 6 rings (SSSR count). The van der Waals surface area contributed by atoms with Gasteiger partial charge in [0.25, 0.3) is 0 Å². The van der Waals surface area contributed by atoms with Crippen LogP contribution in [0.2, 0.25) is 0 Å². The lowest BCUT2D eigenvalue weighted by atomic mass is 10.1. The number of rotatable bonds is 0. The summed E-state index contributed by atoms with van der Waals surface area (Å²) in [5, 5.41) is 14.4. The molecule has 2 aromatic rings. The Morgan fingerprint density at radius 3 is 1.96 bits per heavy atom. The van der Waals surface area contributed by atoms with Gasteiger partial charge in [-0.05, 0) is 73.6 Å². The van der Waals surface area contributed by atoms with Crippen LogP contribution in [-0.4, -0.2) is 0 Å². The minimum absolute atomic E-state index is 1.32. The van der Waals surface area contributed by atoms with Gasteiger partial charge in [0.15, 0.2) is 0 Å². The Bertz CT molecular complexity index is 1290. The molecule has 0 atom stereocenters. The van der Waals surface area contributed by atoms with E-state index in [0.717, 1.165) is 0 Å². The Kier molecular flexibility index (Phi) is 4.16. The molecule has 0 nitrogen and oxygen atoms in total. The molecule has 0 amide bonds. The van der Waals surface area contributed by atoms with Crippen LogP contribution < -0.4 is 0 Å². The van der Waals surface area contributed by atoms with Crippen LogP contribution in [0.15, 0.2) is 88.3 Å². The fraction of sp³-hybridized carbons (Fsp3) is 0.0400. The van der Waals surface area contributed by atoms with Gasteiger partial charge in [0.2, 0.25) is 0 Å². The van der Waals surface area contributed by atoms with Crippen LogP contribution in [0, 0.1) is 6.92 Å². The molecule has 4 aliphatic carbocycles. The Balaban J connectivity index is 0.000000119. The van der Waals surface area contributed by atoms with Crippen molar-refractivity contribution in [1.29, 1.82) is 0 Å². The molecule has 0 spiro atoms. The molecule has 0 aliphatic heterocycles. The number of fused-ring (bicyclic) bond motifs is 6.